The number of hydrogen-bond acceptors (Lipinski definition) is 4. The second-order valence-corrected chi connectivity index (χ2v) is 5.54. The van der Waals surface area contributed by atoms with Crippen LogP contribution in [0, 0.1) is 6.92 Å². The first-order valence-electron chi connectivity index (χ1n) is 6.27. The number of anilines is 1. The summed E-state index contributed by atoms with van der Waals surface area (Å²) in [4.78, 5) is 1.30. The quantitative estimate of drug-likeness (QED) is 0.775. The Morgan fingerprint density at radius 3 is 2.58 bits per heavy atom. The Hall–Kier alpha value is -1.94. The number of nitrogens with one attached hydrogen (secondary N) is 1. The summed E-state index contributed by atoms with van der Waals surface area (Å²) < 4.78 is 0. The minimum absolute atomic E-state index is 0.236. The highest BCUT2D eigenvalue weighted by Gasteiger charge is 2.11. The van der Waals surface area contributed by atoms with E-state index in [9.17, 15) is 0 Å². The number of fused-ring (bicyclic) bond motifs is 1. The molecule has 0 bridgehead atoms. The Labute approximate surface area is 116 Å². The molecule has 1 atom stereocenters. The summed E-state index contributed by atoms with van der Waals surface area (Å²) in [5.74, 6) is 0.849. The lowest BCUT2D eigenvalue weighted by atomic mass is 10.1. The largest absolute Gasteiger partial charge is 0.361 e. The van der Waals surface area contributed by atoms with E-state index in [0.29, 0.717) is 0 Å². The van der Waals surface area contributed by atoms with Crippen LogP contribution in [0.3, 0.4) is 0 Å². The number of hydrogen-bond donors (Lipinski definition) is 1. The minimum Gasteiger partial charge on any atom is -0.361 e. The van der Waals surface area contributed by atoms with Crippen LogP contribution in [0.4, 0.5) is 5.82 Å². The molecule has 0 saturated heterocycles. The van der Waals surface area contributed by atoms with Crippen molar-refractivity contribution in [2.24, 2.45) is 0 Å². The molecule has 0 saturated carbocycles. The van der Waals surface area contributed by atoms with Crippen LogP contribution < -0.4 is 5.32 Å². The number of rotatable bonds is 3. The van der Waals surface area contributed by atoms with Crippen molar-refractivity contribution in [1.82, 2.24) is 10.2 Å². The summed E-state index contributed by atoms with van der Waals surface area (Å²) in [6, 6.07) is 12.7. The molecular weight excluding hydrogens is 254 g/mol. The Morgan fingerprint density at radius 1 is 1.05 bits per heavy atom. The fourth-order valence-corrected chi connectivity index (χ4v) is 2.89. The minimum atomic E-state index is 0.236. The zero-order valence-electron chi connectivity index (χ0n) is 10.9. The van der Waals surface area contributed by atoms with Gasteiger partial charge in [0.15, 0.2) is 5.82 Å². The molecule has 96 valence electrons. The van der Waals surface area contributed by atoms with Crippen LogP contribution in [-0.4, -0.2) is 10.2 Å². The third-order valence-electron chi connectivity index (χ3n) is 3.20. The summed E-state index contributed by atoms with van der Waals surface area (Å²) in [7, 11) is 0. The monoisotopic (exact) mass is 269 g/mol. The van der Waals surface area contributed by atoms with Gasteiger partial charge in [0.05, 0.1) is 11.7 Å². The Balaban J connectivity index is 2.00. The normalized spacial score (nSPS) is 12.5. The van der Waals surface area contributed by atoms with Crippen molar-refractivity contribution >= 4 is 27.9 Å². The van der Waals surface area contributed by atoms with Crippen molar-refractivity contribution < 1.29 is 0 Å². The van der Waals surface area contributed by atoms with Crippen molar-refractivity contribution in [3.8, 4) is 0 Å². The molecule has 4 heteroatoms. The van der Waals surface area contributed by atoms with Crippen LogP contribution in [0.2, 0.25) is 0 Å². The van der Waals surface area contributed by atoms with E-state index < -0.39 is 0 Å². The molecule has 1 aromatic carbocycles. The van der Waals surface area contributed by atoms with Gasteiger partial charge in [-0.1, -0.05) is 30.3 Å². The molecule has 3 rings (SSSR count). The smallest absolute Gasteiger partial charge is 0.157 e. The second-order valence-electron chi connectivity index (χ2n) is 4.56. The molecule has 0 aliphatic carbocycles. The molecule has 0 aliphatic heterocycles. The summed E-state index contributed by atoms with van der Waals surface area (Å²) in [6.07, 6.45) is 0. The van der Waals surface area contributed by atoms with Gasteiger partial charge in [-0.15, -0.1) is 16.4 Å². The van der Waals surface area contributed by atoms with E-state index >= 15 is 0 Å². The Morgan fingerprint density at radius 2 is 1.84 bits per heavy atom. The van der Waals surface area contributed by atoms with Gasteiger partial charge in [-0.25, -0.2) is 0 Å². The predicted molar refractivity (Wildman–Crippen MR) is 80.6 cm³/mol. The molecule has 0 spiro atoms. The van der Waals surface area contributed by atoms with E-state index in [1.807, 2.05) is 19.1 Å². The summed E-state index contributed by atoms with van der Waals surface area (Å²) in [6.45, 7) is 4.13. The van der Waals surface area contributed by atoms with Crippen LogP contribution in [0.15, 0.2) is 41.8 Å². The molecule has 3 nitrogen and oxygen atoms in total. The fraction of sp³-hybridized carbons (Fsp3) is 0.200. The maximum absolute atomic E-state index is 4.30. The molecular formula is C15H15N3S. The molecule has 2 heterocycles. The molecule has 1 N–H and O–H groups in total. The first-order chi connectivity index (χ1) is 9.25. The number of thiophene rings is 1. The van der Waals surface area contributed by atoms with Gasteiger partial charge in [0.2, 0.25) is 0 Å². The SMILES string of the molecule is Cc1nnc(NC(C)c2cccs2)c2ccccc12. The lowest BCUT2D eigenvalue weighted by molar-refractivity contribution is 0.880. The number of aryl methyl sites for hydroxylation is 1. The maximum atomic E-state index is 4.30. The molecule has 0 amide bonds. The highest BCUT2D eigenvalue weighted by molar-refractivity contribution is 7.10. The van der Waals surface area contributed by atoms with Gasteiger partial charge in [-0.2, -0.15) is 5.10 Å². The molecule has 0 aliphatic rings. The molecule has 19 heavy (non-hydrogen) atoms. The van der Waals surface area contributed by atoms with E-state index in [2.05, 4.69) is 52.1 Å². The molecule has 3 aromatic rings. The van der Waals surface area contributed by atoms with Crippen molar-refractivity contribution in [2.75, 3.05) is 5.32 Å². The first-order valence-corrected chi connectivity index (χ1v) is 7.15. The highest BCUT2D eigenvalue weighted by atomic mass is 32.1. The van der Waals surface area contributed by atoms with E-state index in [-0.39, 0.29) is 6.04 Å². The average molecular weight is 269 g/mol. The van der Waals surface area contributed by atoms with E-state index in [4.69, 9.17) is 0 Å². The topological polar surface area (TPSA) is 37.8 Å². The van der Waals surface area contributed by atoms with Crippen LogP contribution in [0.25, 0.3) is 10.8 Å². The van der Waals surface area contributed by atoms with Crippen LogP contribution in [0.1, 0.15) is 23.5 Å². The third kappa shape index (κ3) is 2.31. The Kier molecular flexibility index (Phi) is 3.17. The average Bonchev–Trinajstić information content (AvgIpc) is 2.96. The van der Waals surface area contributed by atoms with Gasteiger partial charge in [-0.05, 0) is 25.3 Å². The predicted octanol–water partition coefficient (Wildman–Crippen LogP) is 4.17. The van der Waals surface area contributed by atoms with Crippen molar-refractivity contribution in [1.29, 1.82) is 0 Å². The summed E-state index contributed by atoms with van der Waals surface area (Å²) in [5, 5.41) is 16.3. The lowest BCUT2D eigenvalue weighted by Crippen LogP contribution is -2.08. The standard InChI is InChI=1S/C15H15N3S/c1-10-12-6-3-4-7-13(12)15(18-17-10)16-11(2)14-8-5-9-19-14/h3-9,11H,1-2H3,(H,16,18). The van der Waals surface area contributed by atoms with Crippen LogP contribution in [-0.2, 0) is 0 Å². The molecule has 0 radical (unpaired) electrons. The summed E-state index contributed by atoms with van der Waals surface area (Å²) in [5.41, 5.74) is 0.963. The number of benzene rings is 1. The van der Waals surface area contributed by atoms with Crippen molar-refractivity contribution in [3.05, 3.63) is 52.3 Å². The zero-order chi connectivity index (χ0) is 13.2. The van der Waals surface area contributed by atoms with Gasteiger partial charge in [0.1, 0.15) is 0 Å². The number of aromatic nitrogens is 2. The van der Waals surface area contributed by atoms with E-state index in [0.717, 1.165) is 22.3 Å². The van der Waals surface area contributed by atoms with E-state index in [1.54, 1.807) is 11.3 Å². The van der Waals surface area contributed by atoms with Gasteiger partial charge >= 0.3 is 0 Å². The van der Waals surface area contributed by atoms with Gasteiger partial charge in [0.25, 0.3) is 0 Å². The van der Waals surface area contributed by atoms with Crippen molar-refractivity contribution in [2.45, 2.75) is 19.9 Å². The summed E-state index contributed by atoms with van der Waals surface area (Å²) >= 11 is 1.75. The van der Waals surface area contributed by atoms with Crippen LogP contribution in [0.5, 0.6) is 0 Å². The van der Waals surface area contributed by atoms with E-state index in [1.165, 1.54) is 4.88 Å². The second kappa shape index (κ2) is 4.97. The van der Waals surface area contributed by atoms with Crippen molar-refractivity contribution in [3.63, 3.8) is 0 Å². The lowest BCUT2D eigenvalue weighted by Gasteiger charge is -2.14. The zero-order valence-corrected chi connectivity index (χ0v) is 11.7. The molecule has 1 unspecified atom stereocenters. The first kappa shape index (κ1) is 12.1. The molecule has 0 fully saturated rings. The van der Waals surface area contributed by atoms with Gasteiger partial charge < -0.3 is 5.32 Å². The fourth-order valence-electron chi connectivity index (χ4n) is 2.16. The third-order valence-corrected chi connectivity index (χ3v) is 4.25. The maximum Gasteiger partial charge on any atom is 0.157 e. The van der Waals surface area contributed by atoms with Crippen LogP contribution >= 0.6 is 11.3 Å². The molecule has 2 aromatic heterocycles. The highest BCUT2D eigenvalue weighted by Crippen LogP contribution is 2.27. The van der Waals surface area contributed by atoms with Gasteiger partial charge in [-0.3, -0.25) is 0 Å². The number of nitrogens with zero attached hydrogens (tertiary/aromatic N) is 2. The Bertz CT molecular complexity index is 692. The van der Waals surface area contributed by atoms with Gasteiger partial charge in [0, 0.05) is 15.6 Å².